The summed E-state index contributed by atoms with van der Waals surface area (Å²) in [6.07, 6.45) is 1.05. The van der Waals surface area contributed by atoms with Gasteiger partial charge in [-0.15, -0.1) is 11.3 Å². The van der Waals surface area contributed by atoms with Crippen molar-refractivity contribution in [3.05, 3.63) is 33.1 Å². The van der Waals surface area contributed by atoms with Crippen molar-refractivity contribution in [3.63, 3.8) is 0 Å². The van der Waals surface area contributed by atoms with Gasteiger partial charge in [0.25, 0.3) is 0 Å². The maximum atomic E-state index is 9.03. The lowest BCUT2D eigenvalue weighted by Crippen LogP contribution is -1.99. The monoisotopic (exact) mass is 263 g/mol. The van der Waals surface area contributed by atoms with E-state index in [0.29, 0.717) is 5.56 Å². The molecular weight excluding hydrogens is 250 g/mol. The van der Waals surface area contributed by atoms with Crippen molar-refractivity contribution in [2.45, 2.75) is 26.8 Å². The Morgan fingerprint density at radius 1 is 1.53 bits per heavy atom. The molecule has 3 nitrogen and oxygen atoms in total. The van der Waals surface area contributed by atoms with Gasteiger partial charge in [0, 0.05) is 4.88 Å². The van der Waals surface area contributed by atoms with Crippen molar-refractivity contribution in [1.29, 1.82) is 5.26 Å². The van der Waals surface area contributed by atoms with Crippen LogP contribution in [0.25, 0.3) is 0 Å². The molecule has 2 rings (SSSR count). The van der Waals surface area contributed by atoms with E-state index in [9.17, 15) is 0 Å². The molecule has 0 saturated carbocycles. The Hall–Kier alpha value is -1.38. The second-order valence-corrected chi connectivity index (χ2v) is 5.43. The fourth-order valence-corrected chi connectivity index (χ4v) is 3.28. The highest BCUT2D eigenvalue weighted by Crippen LogP contribution is 2.25. The fraction of sp³-hybridized carbons (Fsp3) is 0.333. The summed E-state index contributed by atoms with van der Waals surface area (Å²) in [4.78, 5) is 1.34. The number of thiophene rings is 1. The third kappa shape index (κ3) is 2.48. The van der Waals surface area contributed by atoms with E-state index in [1.54, 1.807) is 11.3 Å². The number of rotatable bonds is 4. The van der Waals surface area contributed by atoms with Crippen molar-refractivity contribution in [3.8, 4) is 6.07 Å². The molecule has 2 aromatic heterocycles. The van der Waals surface area contributed by atoms with E-state index in [-0.39, 0.29) is 0 Å². The van der Waals surface area contributed by atoms with Gasteiger partial charge >= 0.3 is 0 Å². The molecule has 0 atom stereocenters. The summed E-state index contributed by atoms with van der Waals surface area (Å²) in [6.45, 7) is 4.79. The van der Waals surface area contributed by atoms with Crippen LogP contribution in [0.15, 0.2) is 11.4 Å². The van der Waals surface area contributed by atoms with Gasteiger partial charge in [-0.3, -0.25) is 0 Å². The molecular formula is C12H13N3S2. The minimum Gasteiger partial charge on any atom is -0.370 e. The number of aryl methyl sites for hydroxylation is 2. The predicted octanol–water partition coefficient (Wildman–Crippen LogP) is 3.56. The Morgan fingerprint density at radius 2 is 2.35 bits per heavy atom. The van der Waals surface area contributed by atoms with Crippen molar-refractivity contribution < 1.29 is 0 Å². The van der Waals surface area contributed by atoms with Gasteiger partial charge in [0.1, 0.15) is 16.6 Å². The Balaban J connectivity index is 2.10. The molecule has 0 aliphatic carbocycles. The first kappa shape index (κ1) is 12.1. The SMILES string of the molecule is CCc1ccsc1CNc1snc(C)c1C#N. The first-order valence-corrected chi connectivity index (χ1v) is 7.07. The van der Waals surface area contributed by atoms with Gasteiger partial charge in [-0.2, -0.15) is 9.64 Å². The molecule has 0 spiro atoms. The van der Waals surface area contributed by atoms with Crippen LogP contribution in [0, 0.1) is 18.3 Å². The first-order valence-electron chi connectivity index (χ1n) is 5.41. The Morgan fingerprint density at radius 3 is 3.06 bits per heavy atom. The minimum absolute atomic E-state index is 0.671. The molecule has 1 N–H and O–H groups in total. The number of hydrogen-bond acceptors (Lipinski definition) is 5. The molecule has 0 radical (unpaired) electrons. The number of nitriles is 1. The standard InChI is InChI=1S/C12H13N3S2/c1-3-9-4-5-16-11(9)7-14-12-10(6-13)8(2)15-17-12/h4-5,14H,3,7H2,1-2H3. The number of hydrogen-bond donors (Lipinski definition) is 1. The summed E-state index contributed by atoms with van der Waals surface area (Å²) in [5.74, 6) is 0. The minimum atomic E-state index is 0.671. The Labute approximate surface area is 109 Å². The van der Waals surface area contributed by atoms with Gasteiger partial charge in [0.05, 0.1) is 12.2 Å². The molecule has 0 unspecified atom stereocenters. The molecule has 0 bridgehead atoms. The van der Waals surface area contributed by atoms with Gasteiger partial charge in [0.15, 0.2) is 0 Å². The normalized spacial score (nSPS) is 10.2. The zero-order chi connectivity index (χ0) is 12.3. The average molecular weight is 263 g/mol. The van der Waals surface area contributed by atoms with Crippen LogP contribution in [0.2, 0.25) is 0 Å². The first-order chi connectivity index (χ1) is 8.26. The highest BCUT2D eigenvalue weighted by molar-refractivity contribution is 7.11. The number of nitrogens with zero attached hydrogens (tertiary/aromatic N) is 2. The maximum absolute atomic E-state index is 9.03. The van der Waals surface area contributed by atoms with Crippen LogP contribution in [0.4, 0.5) is 5.00 Å². The molecule has 2 heterocycles. The highest BCUT2D eigenvalue weighted by atomic mass is 32.1. The van der Waals surface area contributed by atoms with E-state index in [4.69, 9.17) is 5.26 Å². The van der Waals surface area contributed by atoms with Crippen LogP contribution in [0.1, 0.15) is 28.6 Å². The largest absolute Gasteiger partial charge is 0.370 e. The summed E-state index contributed by atoms with van der Waals surface area (Å²) in [6, 6.07) is 4.35. The van der Waals surface area contributed by atoms with Gasteiger partial charge in [0.2, 0.25) is 0 Å². The van der Waals surface area contributed by atoms with Crippen LogP contribution in [-0.4, -0.2) is 4.37 Å². The molecule has 0 saturated heterocycles. The average Bonchev–Trinajstić information content (AvgIpc) is 2.92. The lowest BCUT2D eigenvalue weighted by Gasteiger charge is -2.04. The van der Waals surface area contributed by atoms with Crippen LogP contribution in [-0.2, 0) is 13.0 Å². The van der Waals surface area contributed by atoms with E-state index in [1.807, 2.05) is 6.92 Å². The van der Waals surface area contributed by atoms with Gasteiger partial charge < -0.3 is 5.32 Å². The third-order valence-corrected chi connectivity index (χ3v) is 4.46. The topological polar surface area (TPSA) is 48.7 Å². The molecule has 0 aliphatic rings. The summed E-state index contributed by atoms with van der Waals surface area (Å²) >= 11 is 3.11. The molecule has 5 heteroatoms. The van der Waals surface area contributed by atoms with Crippen LogP contribution in [0.5, 0.6) is 0 Å². The highest BCUT2D eigenvalue weighted by Gasteiger charge is 2.10. The van der Waals surface area contributed by atoms with Gasteiger partial charge in [-0.05, 0) is 41.9 Å². The smallest absolute Gasteiger partial charge is 0.128 e. The zero-order valence-electron chi connectivity index (χ0n) is 9.78. The van der Waals surface area contributed by atoms with Crippen LogP contribution >= 0.6 is 22.9 Å². The molecule has 0 aliphatic heterocycles. The van der Waals surface area contributed by atoms with Gasteiger partial charge in [-0.25, -0.2) is 0 Å². The number of anilines is 1. The van der Waals surface area contributed by atoms with E-state index in [1.165, 1.54) is 22.0 Å². The van der Waals surface area contributed by atoms with E-state index < -0.39 is 0 Å². The third-order valence-electron chi connectivity index (χ3n) is 2.60. The molecule has 2 aromatic rings. The maximum Gasteiger partial charge on any atom is 0.128 e. The lowest BCUT2D eigenvalue weighted by molar-refractivity contribution is 1.08. The second kappa shape index (κ2) is 5.30. The van der Waals surface area contributed by atoms with E-state index in [2.05, 4.69) is 34.1 Å². The van der Waals surface area contributed by atoms with E-state index in [0.717, 1.165) is 23.7 Å². The Bertz CT molecular complexity index is 548. The van der Waals surface area contributed by atoms with Crippen molar-refractivity contribution in [1.82, 2.24) is 4.37 Å². The Kier molecular flexibility index (Phi) is 3.77. The molecule has 0 amide bonds. The van der Waals surface area contributed by atoms with Crippen molar-refractivity contribution >= 4 is 27.9 Å². The summed E-state index contributed by atoms with van der Waals surface area (Å²) < 4.78 is 4.19. The summed E-state index contributed by atoms with van der Waals surface area (Å²) in [5.41, 5.74) is 2.86. The van der Waals surface area contributed by atoms with Crippen molar-refractivity contribution in [2.24, 2.45) is 0 Å². The van der Waals surface area contributed by atoms with Gasteiger partial charge in [-0.1, -0.05) is 6.92 Å². The molecule has 88 valence electrons. The van der Waals surface area contributed by atoms with Crippen molar-refractivity contribution in [2.75, 3.05) is 5.32 Å². The van der Waals surface area contributed by atoms with E-state index >= 15 is 0 Å². The molecule has 0 aromatic carbocycles. The lowest BCUT2D eigenvalue weighted by atomic mass is 10.2. The molecule has 17 heavy (non-hydrogen) atoms. The quantitative estimate of drug-likeness (QED) is 0.917. The molecule has 0 fully saturated rings. The fourth-order valence-electron chi connectivity index (χ4n) is 1.62. The number of nitrogens with one attached hydrogen (secondary N) is 1. The zero-order valence-corrected chi connectivity index (χ0v) is 11.4. The van der Waals surface area contributed by atoms with Crippen LogP contribution < -0.4 is 5.32 Å². The predicted molar refractivity (Wildman–Crippen MR) is 72.6 cm³/mol. The summed E-state index contributed by atoms with van der Waals surface area (Å²) in [7, 11) is 0. The van der Waals surface area contributed by atoms with Crippen LogP contribution in [0.3, 0.4) is 0 Å². The summed E-state index contributed by atoms with van der Waals surface area (Å²) in [5, 5.41) is 15.3. The number of aromatic nitrogens is 1. The second-order valence-electron chi connectivity index (χ2n) is 3.66.